The third kappa shape index (κ3) is 3.53. The maximum absolute atomic E-state index is 9.77. The van der Waals surface area contributed by atoms with Crippen molar-refractivity contribution in [1.29, 1.82) is 0 Å². The van der Waals surface area contributed by atoms with Crippen molar-refractivity contribution in [3.63, 3.8) is 0 Å². The third-order valence-electron chi connectivity index (χ3n) is 2.81. The van der Waals surface area contributed by atoms with Crippen LogP contribution in [0.15, 0.2) is 12.1 Å². The second-order valence-corrected chi connectivity index (χ2v) is 4.04. The van der Waals surface area contributed by atoms with Gasteiger partial charge in [0.1, 0.15) is 0 Å². The Labute approximate surface area is 103 Å². The van der Waals surface area contributed by atoms with Crippen LogP contribution in [0.3, 0.4) is 0 Å². The number of methoxy groups -OCH3 is 2. The number of hydrogen-bond donors (Lipinski definition) is 2. The fourth-order valence-electron chi connectivity index (χ4n) is 1.49. The summed E-state index contributed by atoms with van der Waals surface area (Å²) in [7, 11) is 3.06. The lowest BCUT2D eigenvalue weighted by molar-refractivity contribution is 0.338. The summed E-state index contributed by atoms with van der Waals surface area (Å²) in [4.78, 5) is 0. The summed E-state index contributed by atoms with van der Waals surface area (Å²) >= 11 is 0. The maximum Gasteiger partial charge on any atom is 0.200 e. The molecule has 0 aliphatic heterocycles. The van der Waals surface area contributed by atoms with Crippen molar-refractivity contribution in [3.05, 3.63) is 17.7 Å². The summed E-state index contributed by atoms with van der Waals surface area (Å²) in [5, 5.41) is 13.1. The van der Waals surface area contributed by atoms with Crippen LogP contribution >= 0.6 is 0 Å². The average molecular weight is 239 g/mol. The lowest BCUT2D eigenvalue weighted by atomic mass is 10.1. The molecule has 4 nitrogen and oxygen atoms in total. The van der Waals surface area contributed by atoms with Crippen LogP contribution in [0.1, 0.15) is 25.8 Å². The molecular weight excluding hydrogens is 218 g/mol. The van der Waals surface area contributed by atoms with Crippen LogP contribution in [0.2, 0.25) is 0 Å². The van der Waals surface area contributed by atoms with Crippen molar-refractivity contribution >= 4 is 0 Å². The molecule has 1 atom stereocenters. The molecule has 17 heavy (non-hydrogen) atoms. The van der Waals surface area contributed by atoms with Crippen LogP contribution < -0.4 is 14.8 Å². The molecule has 2 N–H and O–H groups in total. The Morgan fingerprint density at radius 2 is 1.76 bits per heavy atom. The maximum atomic E-state index is 9.77. The predicted octanol–water partition coefficient (Wildman–Crippen LogP) is 2.30. The summed E-state index contributed by atoms with van der Waals surface area (Å²) < 4.78 is 10.2. The van der Waals surface area contributed by atoms with E-state index < -0.39 is 0 Å². The van der Waals surface area contributed by atoms with Gasteiger partial charge in [-0.15, -0.1) is 0 Å². The van der Waals surface area contributed by atoms with Crippen molar-refractivity contribution in [2.24, 2.45) is 0 Å². The average Bonchev–Trinajstić information content (AvgIpc) is 2.36. The van der Waals surface area contributed by atoms with E-state index in [1.807, 2.05) is 12.1 Å². The highest BCUT2D eigenvalue weighted by Gasteiger charge is 2.11. The van der Waals surface area contributed by atoms with Gasteiger partial charge in [-0.05, 0) is 31.0 Å². The quantitative estimate of drug-likeness (QED) is 0.799. The van der Waals surface area contributed by atoms with Gasteiger partial charge in [0.2, 0.25) is 5.75 Å². The minimum Gasteiger partial charge on any atom is -0.502 e. The molecule has 0 saturated heterocycles. The summed E-state index contributed by atoms with van der Waals surface area (Å²) in [5.74, 6) is 0.915. The van der Waals surface area contributed by atoms with Gasteiger partial charge in [0.15, 0.2) is 11.5 Å². The largest absolute Gasteiger partial charge is 0.502 e. The molecule has 1 aromatic rings. The van der Waals surface area contributed by atoms with E-state index in [0.29, 0.717) is 17.5 Å². The highest BCUT2D eigenvalue weighted by Crippen LogP contribution is 2.36. The Morgan fingerprint density at radius 1 is 1.24 bits per heavy atom. The van der Waals surface area contributed by atoms with E-state index in [-0.39, 0.29) is 5.75 Å². The number of ether oxygens (including phenoxy) is 2. The van der Waals surface area contributed by atoms with E-state index in [1.165, 1.54) is 14.2 Å². The molecule has 0 heterocycles. The zero-order valence-electron chi connectivity index (χ0n) is 10.9. The molecule has 4 heteroatoms. The van der Waals surface area contributed by atoms with E-state index >= 15 is 0 Å². The Kier molecular flexibility index (Phi) is 5.10. The summed E-state index contributed by atoms with van der Waals surface area (Å²) in [6.07, 6.45) is 1.08. The molecule has 0 fully saturated rings. The van der Waals surface area contributed by atoms with E-state index in [1.54, 1.807) is 0 Å². The van der Waals surface area contributed by atoms with Gasteiger partial charge >= 0.3 is 0 Å². The fraction of sp³-hybridized carbons (Fsp3) is 0.538. The third-order valence-corrected chi connectivity index (χ3v) is 2.81. The number of benzene rings is 1. The van der Waals surface area contributed by atoms with Gasteiger partial charge in [0.05, 0.1) is 14.2 Å². The summed E-state index contributed by atoms with van der Waals surface area (Å²) in [6.45, 7) is 4.99. The first-order chi connectivity index (χ1) is 8.12. The van der Waals surface area contributed by atoms with Crippen molar-refractivity contribution < 1.29 is 14.6 Å². The van der Waals surface area contributed by atoms with Gasteiger partial charge in [0, 0.05) is 12.6 Å². The molecule has 0 aliphatic carbocycles. The Hall–Kier alpha value is -1.42. The lowest BCUT2D eigenvalue weighted by Crippen LogP contribution is -2.24. The van der Waals surface area contributed by atoms with Crippen LogP contribution in [0.25, 0.3) is 0 Å². The van der Waals surface area contributed by atoms with E-state index in [0.717, 1.165) is 18.5 Å². The van der Waals surface area contributed by atoms with Crippen molar-refractivity contribution in [3.8, 4) is 17.2 Å². The van der Waals surface area contributed by atoms with Gasteiger partial charge in [-0.1, -0.05) is 6.92 Å². The molecule has 1 unspecified atom stereocenters. The molecule has 1 aromatic carbocycles. The van der Waals surface area contributed by atoms with Crippen LogP contribution in [-0.4, -0.2) is 25.4 Å². The number of rotatable bonds is 6. The lowest BCUT2D eigenvalue weighted by Gasteiger charge is -2.14. The van der Waals surface area contributed by atoms with Gasteiger partial charge < -0.3 is 19.9 Å². The van der Waals surface area contributed by atoms with Gasteiger partial charge in [0.25, 0.3) is 0 Å². The highest BCUT2D eigenvalue weighted by atomic mass is 16.5. The number of phenols is 1. The predicted molar refractivity (Wildman–Crippen MR) is 67.8 cm³/mol. The number of aromatic hydroxyl groups is 1. The molecule has 0 radical (unpaired) electrons. The summed E-state index contributed by atoms with van der Waals surface area (Å²) in [5.41, 5.74) is 1.02. The van der Waals surface area contributed by atoms with Crippen molar-refractivity contribution in [2.45, 2.75) is 32.9 Å². The molecule has 0 aliphatic rings. The number of hydrogen-bond acceptors (Lipinski definition) is 4. The van der Waals surface area contributed by atoms with E-state index in [4.69, 9.17) is 9.47 Å². The molecule has 96 valence electrons. The van der Waals surface area contributed by atoms with Gasteiger partial charge in [-0.25, -0.2) is 0 Å². The zero-order valence-corrected chi connectivity index (χ0v) is 10.9. The van der Waals surface area contributed by atoms with Gasteiger partial charge in [-0.3, -0.25) is 0 Å². The fourth-order valence-corrected chi connectivity index (χ4v) is 1.49. The Morgan fingerprint density at radius 3 is 2.18 bits per heavy atom. The standard InChI is InChI=1S/C13H21NO3/c1-5-9(2)14-8-10-6-11(16-3)13(15)12(7-10)17-4/h6-7,9,14-15H,5,8H2,1-4H3. The van der Waals surface area contributed by atoms with Gasteiger partial charge in [-0.2, -0.15) is 0 Å². The molecule has 0 spiro atoms. The van der Waals surface area contributed by atoms with Crippen molar-refractivity contribution in [2.75, 3.05) is 14.2 Å². The second-order valence-electron chi connectivity index (χ2n) is 4.04. The molecule has 1 rings (SSSR count). The minimum atomic E-state index is 0.0438. The topological polar surface area (TPSA) is 50.7 Å². The van der Waals surface area contributed by atoms with Crippen molar-refractivity contribution in [1.82, 2.24) is 5.32 Å². The smallest absolute Gasteiger partial charge is 0.200 e. The second kappa shape index (κ2) is 6.35. The normalized spacial score (nSPS) is 12.2. The van der Waals surface area contributed by atoms with Crippen LogP contribution in [-0.2, 0) is 6.54 Å². The van der Waals surface area contributed by atoms with Crippen LogP contribution in [0.5, 0.6) is 17.2 Å². The molecule has 0 bridgehead atoms. The first-order valence-electron chi connectivity index (χ1n) is 5.79. The Balaban J connectivity index is 2.85. The number of phenolic OH excluding ortho intramolecular Hbond substituents is 1. The molecule has 0 saturated carbocycles. The molecule has 0 amide bonds. The zero-order chi connectivity index (χ0) is 12.8. The SMILES string of the molecule is CCC(C)NCc1cc(OC)c(O)c(OC)c1. The van der Waals surface area contributed by atoms with E-state index in [9.17, 15) is 5.11 Å². The first kappa shape index (κ1) is 13.6. The van der Waals surface area contributed by atoms with Crippen LogP contribution in [0, 0.1) is 0 Å². The minimum absolute atomic E-state index is 0.0438. The molecular formula is C13H21NO3. The monoisotopic (exact) mass is 239 g/mol. The Bertz CT molecular complexity index is 341. The first-order valence-corrected chi connectivity index (χ1v) is 5.79. The number of nitrogens with one attached hydrogen (secondary N) is 1. The molecule has 0 aromatic heterocycles. The van der Waals surface area contributed by atoms with Crippen LogP contribution in [0.4, 0.5) is 0 Å². The highest BCUT2D eigenvalue weighted by molar-refractivity contribution is 5.52. The summed E-state index contributed by atoms with van der Waals surface area (Å²) in [6, 6.07) is 4.08. The van der Waals surface area contributed by atoms with E-state index in [2.05, 4.69) is 19.2 Å².